The van der Waals surface area contributed by atoms with Crippen LogP contribution in [-0.2, 0) is 6.42 Å². The van der Waals surface area contributed by atoms with Crippen molar-refractivity contribution in [3.05, 3.63) is 23.3 Å². The first-order valence-electron chi connectivity index (χ1n) is 4.29. The molecule has 0 aliphatic carbocycles. The van der Waals surface area contributed by atoms with E-state index >= 15 is 0 Å². The highest BCUT2D eigenvalue weighted by molar-refractivity contribution is 7.18. The minimum atomic E-state index is 0.745. The molecular weight excluding hydrogens is 182 g/mol. The van der Waals surface area contributed by atoms with Gasteiger partial charge >= 0.3 is 0 Å². The Morgan fingerprint density at radius 3 is 2.92 bits per heavy atom. The molecule has 0 atom stereocenters. The lowest BCUT2D eigenvalue weighted by atomic mass is 10.2. The molecule has 0 unspecified atom stereocenters. The van der Waals surface area contributed by atoms with Crippen LogP contribution in [0.15, 0.2) is 18.5 Å². The van der Waals surface area contributed by atoms with Gasteiger partial charge in [-0.15, -0.1) is 11.3 Å². The van der Waals surface area contributed by atoms with Crippen molar-refractivity contribution >= 4 is 21.7 Å². The number of nitrogens with two attached hydrogens (primary N) is 1. The van der Waals surface area contributed by atoms with Crippen molar-refractivity contribution in [1.82, 2.24) is 9.97 Å². The summed E-state index contributed by atoms with van der Waals surface area (Å²) in [5.74, 6) is 0. The number of fused-ring (bicyclic) bond motifs is 1. The first-order valence-corrected chi connectivity index (χ1v) is 5.11. The number of aromatic nitrogens is 2. The highest BCUT2D eigenvalue weighted by Crippen LogP contribution is 2.22. The number of rotatable bonds is 3. The third kappa shape index (κ3) is 1.84. The van der Waals surface area contributed by atoms with Crippen molar-refractivity contribution in [2.24, 2.45) is 5.73 Å². The van der Waals surface area contributed by atoms with E-state index in [1.165, 1.54) is 4.88 Å². The number of aryl methyl sites for hydroxylation is 1. The summed E-state index contributed by atoms with van der Waals surface area (Å²) in [4.78, 5) is 10.8. The van der Waals surface area contributed by atoms with E-state index in [1.807, 2.05) is 0 Å². The smallest absolute Gasteiger partial charge is 0.142 e. The molecule has 2 heterocycles. The van der Waals surface area contributed by atoms with Crippen LogP contribution < -0.4 is 5.73 Å². The molecule has 4 heteroatoms. The second-order valence-electron chi connectivity index (χ2n) is 2.85. The Balaban J connectivity index is 2.28. The molecule has 2 aromatic heterocycles. The van der Waals surface area contributed by atoms with Crippen molar-refractivity contribution in [2.75, 3.05) is 6.54 Å². The average molecular weight is 193 g/mol. The Labute approximate surface area is 80.6 Å². The van der Waals surface area contributed by atoms with Gasteiger partial charge in [-0.1, -0.05) is 0 Å². The molecule has 2 aromatic rings. The zero-order valence-electron chi connectivity index (χ0n) is 7.23. The second-order valence-corrected chi connectivity index (χ2v) is 3.97. The van der Waals surface area contributed by atoms with E-state index in [-0.39, 0.29) is 0 Å². The standard InChI is InChI=1S/C9H11N3S/c10-3-1-2-7-6-8-9(13-7)12-5-4-11-8/h4-6H,1-3,10H2. The first-order chi connectivity index (χ1) is 6.40. The van der Waals surface area contributed by atoms with Gasteiger partial charge in [-0.2, -0.15) is 0 Å². The molecule has 0 aliphatic heterocycles. The van der Waals surface area contributed by atoms with Crippen LogP contribution in [0, 0.1) is 0 Å². The fourth-order valence-electron chi connectivity index (χ4n) is 1.22. The van der Waals surface area contributed by atoms with Crippen LogP contribution in [0.1, 0.15) is 11.3 Å². The molecule has 0 saturated carbocycles. The van der Waals surface area contributed by atoms with E-state index in [2.05, 4.69) is 16.0 Å². The molecule has 2 N–H and O–H groups in total. The van der Waals surface area contributed by atoms with Crippen LogP contribution in [0.2, 0.25) is 0 Å². The highest BCUT2D eigenvalue weighted by Gasteiger charge is 2.01. The van der Waals surface area contributed by atoms with Crippen LogP contribution >= 0.6 is 11.3 Å². The zero-order valence-corrected chi connectivity index (χ0v) is 8.05. The lowest BCUT2D eigenvalue weighted by Crippen LogP contribution is -1.99. The van der Waals surface area contributed by atoms with Crippen molar-refractivity contribution in [2.45, 2.75) is 12.8 Å². The third-order valence-corrected chi connectivity index (χ3v) is 2.94. The third-order valence-electron chi connectivity index (χ3n) is 1.84. The summed E-state index contributed by atoms with van der Waals surface area (Å²) < 4.78 is 0. The van der Waals surface area contributed by atoms with Crippen molar-refractivity contribution in [1.29, 1.82) is 0 Å². The number of nitrogens with zero attached hydrogens (tertiary/aromatic N) is 2. The van der Waals surface area contributed by atoms with Crippen molar-refractivity contribution < 1.29 is 0 Å². The lowest BCUT2D eigenvalue weighted by Gasteiger charge is -1.90. The second kappa shape index (κ2) is 3.81. The number of hydrogen-bond donors (Lipinski definition) is 1. The fraction of sp³-hybridized carbons (Fsp3) is 0.333. The Morgan fingerprint density at radius 2 is 2.15 bits per heavy atom. The van der Waals surface area contributed by atoms with E-state index in [1.54, 1.807) is 23.7 Å². The predicted molar refractivity (Wildman–Crippen MR) is 54.8 cm³/mol. The van der Waals surface area contributed by atoms with Crippen LogP contribution in [0.3, 0.4) is 0 Å². The van der Waals surface area contributed by atoms with E-state index in [0.29, 0.717) is 0 Å². The Hall–Kier alpha value is -1.00. The molecule has 2 rings (SSSR count). The molecule has 13 heavy (non-hydrogen) atoms. The molecule has 0 fully saturated rings. The molecule has 0 bridgehead atoms. The minimum Gasteiger partial charge on any atom is -0.330 e. The van der Waals surface area contributed by atoms with E-state index in [0.717, 1.165) is 29.7 Å². The largest absolute Gasteiger partial charge is 0.330 e. The molecule has 0 amide bonds. The first kappa shape index (κ1) is 8.59. The van der Waals surface area contributed by atoms with Gasteiger partial charge in [0.1, 0.15) is 4.83 Å². The normalized spacial score (nSPS) is 10.8. The zero-order chi connectivity index (χ0) is 9.10. The monoisotopic (exact) mass is 193 g/mol. The molecule has 0 radical (unpaired) electrons. The lowest BCUT2D eigenvalue weighted by molar-refractivity contribution is 0.843. The molecule has 3 nitrogen and oxygen atoms in total. The quantitative estimate of drug-likeness (QED) is 0.805. The van der Waals surface area contributed by atoms with Gasteiger partial charge in [0.2, 0.25) is 0 Å². The van der Waals surface area contributed by atoms with E-state index < -0.39 is 0 Å². The van der Waals surface area contributed by atoms with Gasteiger partial charge in [-0.05, 0) is 25.5 Å². The van der Waals surface area contributed by atoms with Gasteiger partial charge in [0, 0.05) is 17.3 Å². The summed E-state index contributed by atoms with van der Waals surface area (Å²) in [6, 6.07) is 2.10. The summed E-state index contributed by atoms with van der Waals surface area (Å²) in [6.07, 6.45) is 5.53. The van der Waals surface area contributed by atoms with Gasteiger partial charge < -0.3 is 5.73 Å². The molecule has 0 saturated heterocycles. The topological polar surface area (TPSA) is 51.8 Å². The molecule has 0 aliphatic rings. The predicted octanol–water partition coefficient (Wildman–Crippen LogP) is 1.58. The van der Waals surface area contributed by atoms with Gasteiger partial charge in [-0.25, -0.2) is 4.98 Å². The maximum Gasteiger partial charge on any atom is 0.142 e. The summed E-state index contributed by atoms with van der Waals surface area (Å²) in [5.41, 5.74) is 6.44. The van der Waals surface area contributed by atoms with Gasteiger partial charge in [0.15, 0.2) is 0 Å². The Bertz CT molecular complexity index is 363. The van der Waals surface area contributed by atoms with Crippen LogP contribution in [0.5, 0.6) is 0 Å². The van der Waals surface area contributed by atoms with Gasteiger partial charge in [0.25, 0.3) is 0 Å². The van der Waals surface area contributed by atoms with Crippen LogP contribution in [0.4, 0.5) is 0 Å². The van der Waals surface area contributed by atoms with E-state index in [9.17, 15) is 0 Å². The maximum atomic E-state index is 5.44. The molecule has 68 valence electrons. The van der Waals surface area contributed by atoms with Crippen molar-refractivity contribution in [3.8, 4) is 0 Å². The summed E-state index contributed by atoms with van der Waals surface area (Å²) in [5, 5.41) is 0. The van der Waals surface area contributed by atoms with Gasteiger partial charge in [-0.3, -0.25) is 4.98 Å². The average Bonchev–Trinajstić information content (AvgIpc) is 2.57. The Morgan fingerprint density at radius 1 is 1.31 bits per heavy atom. The van der Waals surface area contributed by atoms with Crippen LogP contribution in [-0.4, -0.2) is 16.5 Å². The summed E-state index contributed by atoms with van der Waals surface area (Å²) in [6.45, 7) is 0.745. The van der Waals surface area contributed by atoms with E-state index in [4.69, 9.17) is 5.73 Å². The SMILES string of the molecule is NCCCc1cc2nccnc2s1. The van der Waals surface area contributed by atoms with Crippen LogP contribution in [0.25, 0.3) is 10.3 Å². The van der Waals surface area contributed by atoms with Gasteiger partial charge in [0.05, 0.1) is 5.52 Å². The molecule has 0 aromatic carbocycles. The summed E-state index contributed by atoms with van der Waals surface area (Å²) in [7, 11) is 0. The fourth-order valence-corrected chi connectivity index (χ4v) is 2.21. The molecular formula is C9H11N3S. The summed E-state index contributed by atoms with van der Waals surface area (Å²) >= 11 is 1.71. The number of thiophene rings is 1. The maximum absolute atomic E-state index is 5.44. The Kier molecular flexibility index (Phi) is 2.52. The number of hydrogen-bond acceptors (Lipinski definition) is 4. The minimum absolute atomic E-state index is 0.745. The molecule has 0 spiro atoms. The highest BCUT2D eigenvalue weighted by atomic mass is 32.1. The van der Waals surface area contributed by atoms with Crippen molar-refractivity contribution in [3.63, 3.8) is 0 Å².